The van der Waals surface area contributed by atoms with Crippen molar-refractivity contribution in [1.82, 2.24) is 0 Å². The van der Waals surface area contributed by atoms with Gasteiger partial charge in [-0.1, -0.05) is 6.92 Å². The summed E-state index contributed by atoms with van der Waals surface area (Å²) in [5, 5.41) is 0. The summed E-state index contributed by atoms with van der Waals surface area (Å²) in [6, 6.07) is 1.90. The molecule has 0 aliphatic heterocycles. The first kappa shape index (κ1) is 9.14. The van der Waals surface area contributed by atoms with E-state index in [1.165, 1.54) is 0 Å². The summed E-state index contributed by atoms with van der Waals surface area (Å²) in [7, 11) is 0. The predicted molar refractivity (Wildman–Crippen MR) is 50.0 cm³/mol. The molecule has 0 N–H and O–H groups in total. The molecule has 0 amide bonds. The number of hydrogen-bond donors (Lipinski definition) is 0. The topological polar surface area (TPSA) is 13.1 Å². The summed E-state index contributed by atoms with van der Waals surface area (Å²) >= 11 is 9.05. The zero-order valence-electron chi connectivity index (χ0n) is 6.31. The molecule has 1 aromatic rings. The zero-order valence-corrected chi connectivity index (χ0v) is 8.65. The second kappa shape index (κ2) is 4.17. The van der Waals surface area contributed by atoms with Crippen LogP contribution >= 0.6 is 27.5 Å². The normalized spacial score (nSPS) is 13.4. The van der Waals surface area contributed by atoms with Crippen molar-refractivity contribution in [3.63, 3.8) is 0 Å². The largest absolute Gasteiger partial charge is 0.468 e. The van der Waals surface area contributed by atoms with Gasteiger partial charge in [-0.25, -0.2) is 0 Å². The number of hydrogen-bond acceptors (Lipinski definition) is 1. The Labute approximate surface area is 79.9 Å². The van der Waals surface area contributed by atoms with Gasteiger partial charge in [0.1, 0.15) is 5.76 Å². The number of halogens is 2. The summed E-state index contributed by atoms with van der Waals surface area (Å²) in [6.07, 6.45) is 2.58. The molecule has 1 aromatic heterocycles. The Bertz CT molecular complexity index is 222. The Kier molecular flexibility index (Phi) is 3.46. The molecule has 1 rings (SSSR count). The van der Waals surface area contributed by atoms with Crippen molar-refractivity contribution in [2.75, 3.05) is 5.88 Å². The molecule has 0 spiro atoms. The molecule has 11 heavy (non-hydrogen) atoms. The molecule has 0 saturated carbocycles. The third-order valence-corrected chi connectivity index (χ3v) is 2.72. The SMILES string of the molecule is CC(CCl)Cc1occc1Br. The fraction of sp³-hybridized carbons (Fsp3) is 0.500. The van der Waals surface area contributed by atoms with Gasteiger partial charge in [-0.3, -0.25) is 0 Å². The van der Waals surface area contributed by atoms with Gasteiger partial charge < -0.3 is 4.42 Å². The van der Waals surface area contributed by atoms with Crippen LogP contribution in [0.25, 0.3) is 0 Å². The van der Waals surface area contributed by atoms with Crippen LogP contribution in [0.15, 0.2) is 21.2 Å². The second-order valence-corrected chi connectivity index (χ2v) is 3.82. The zero-order chi connectivity index (χ0) is 8.27. The minimum Gasteiger partial charge on any atom is -0.468 e. The van der Waals surface area contributed by atoms with Crippen LogP contribution in [0.1, 0.15) is 12.7 Å². The highest BCUT2D eigenvalue weighted by Crippen LogP contribution is 2.20. The molecule has 0 saturated heterocycles. The first-order valence-electron chi connectivity index (χ1n) is 3.52. The fourth-order valence-electron chi connectivity index (χ4n) is 0.842. The fourth-order valence-corrected chi connectivity index (χ4v) is 1.31. The van der Waals surface area contributed by atoms with Crippen molar-refractivity contribution in [1.29, 1.82) is 0 Å². The van der Waals surface area contributed by atoms with E-state index in [1.807, 2.05) is 6.07 Å². The lowest BCUT2D eigenvalue weighted by atomic mass is 10.1. The molecule has 1 atom stereocenters. The van der Waals surface area contributed by atoms with E-state index in [-0.39, 0.29) is 0 Å². The Morgan fingerprint density at radius 2 is 2.45 bits per heavy atom. The summed E-state index contributed by atoms with van der Waals surface area (Å²) in [6.45, 7) is 2.10. The van der Waals surface area contributed by atoms with Gasteiger partial charge in [-0.2, -0.15) is 0 Å². The molecule has 0 aliphatic carbocycles. The standard InChI is InChI=1S/C8H10BrClO/c1-6(5-10)4-8-7(9)2-3-11-8/h2-3,6H,4-5H2,1H3. The van der Waals surface area contributed by atoms with Crippen molar-refractivity contribution in [3.05, 3.63) is 22.6 Å². The van der Waals surface area contributed by atoms with E-state index >= 15 is 0 Å². The van der Waals surface area contributed by atoms with Crippen LogP contribution in [0, 0.1) is 5.92 Å². The molecular weight excluding hydrogens is 227 g/mol. The van der Waals surface area contributed by atoms with E-state index in [9.17, 15) is 0 Å². The van der Waals surface area contributed by atoms with Crippen LogP contribution in [0.3, 0.4) is 0 Å². The summed E-state index contributed by atoms with van der Waals surface area (Å²) in [5.41, 5.74) is 0. The highest BCUT2D eigenvalue weighted by Gasteiger charge is 2.07. The third kappa shape index (κ3) is 2.53. The van der Waals surface area contributed by atoms with E-state index in [4.69, 9.17) is 16.0 Å². The molecule has 62 valence electrons. The second-order valence-electron chi connectivity index (χ2n) is 2.66. The summed E-state index contributed by atoms with van der Waals surface area (Å²) in [5.74, 6) is 2.13. The van der Waals surface area contributed by atoms with Crippen molar-refractivity contribution >= 4 is 27.5 Å². The molecule has 0 bridgehead atoms. The summed E-state index contributed by atoms with van der Waals surface area (Å²) in [4.78, 5) is 0. The van der Waals surface area contributed by atoms with Crippen molar-refractivity contribution in [2.45, 2.75) is 13.3 Å². The first-order chi connectivity index (χ1) is 5.24. The van der Waals surface area contributed by atoms with Crippen LogP contribution in [-0.4, -0.2) is 5.88 Å². The average Bonchev–Trinajstić information content (AvgIpc) is 2.37. The van der Waals surface area contributed by atoms with Gasteiger partial charge in [0.2, 0.25) is 0 Å². The Morgan fingerprint density at radius 3 is 2.91 bits per heavy atom. The third-order valence-electron chi connectivity index (χ3n) is 1.49. The predicted octanol–water partition coefficient (Wildman–Crippen LogP) is 3.46. The van der Waals surface area contributed by atoms with Crippen molar-refractivity contribution in [2.24, 2.45) is 5.92 Å². The maximum atomic E-state index is 5.66. The van der Waals surface area contributed by atoms with Crippen LogP contribution in [0.4, 0.5) is 0 Å². The lowest BCUT2D eigenvalue weighted by molar-refractivity contribution is 0.472. The number of furan rings is 1. The van der Waals surface area contributed by atoms with Crippen LogP contribution < -0.4 is 0 Å². The molecule has 1 nitrogen and oxygen atoms in total. The maximum Gasteiger partial charge on any atom is 0.118 e. The van der Waals surface area contributed by atoms with Crippen LogP contribution in [0.5, 0.6) is 0 Å². The average molecular weight is 238 g/mol. The van der Waals surface area contributed by atoms with E-state index in [0.29, 0.717) is 11.8 Å². The quantitative estimate of drug-likeness (QED) is 0.734. The van der Waals surface area contributed by atoms with Crippen LogP contribution in [0.2, 0.25) is 0 Å². The van der Waals surface area contributed by atoms with Gasteiger partial charge >= 0.3 is 0 Å². The molecule has 1 unspecified atom stereocenters. The smallest absolute Gasteiger partial charge is 0.118 e. The van der Waals surface area contributed by atoms with E-state index < -0.39 is 0 Å². The Balaban J connectivity index is 2.56. The lowest BCUT2D eigenvalue weighted by Gasteiger charge is -2.03. The lowest BCUT2D eigenvalue weighted by Crippen LogP contribution is -1.99. The molecule has 0 aromatic carbocycles. The summed E-state index contributed by atoms with van der Waals surface area (Å²) < 4.78 is 6.27. The maximum absolute atomic E-state index is 5.66. The van der Waals surface area contributed by atoms with Gasteiger partial charge in [-0.05, 0) is 27.9 Å². The van der Waals surface area contributed by atoms with E-state index in [0.717, 1.165) is 16.7 Å². The van der Waals surface area contributed by atoms with Gasteiger partial charge in [-0.15, -0.1) is 11.6 Å². The van der Waals surface area contributed by atoms with Gasteiger partial charge in [0, 0.05) is 12.3 Å². The van der Waals surface area contributed by atoms with Crippen molar-refractivity contribution in [3.8, 4) is 0 Å². The Hall–Kier alpha value is 0.0500. The molecule has 0 aliphatic rings. The van der Waals surface area contributed by atoms with E-state index in [1.54, 1.807) is 6.26 Å². The van der Waals surface area contributed by atoms with Gasteiger partial charge in [0.25, 0.3) is 0 Å². The van der Waals surface area contributed by atoms with Gasteiger partial charge in [0.05, 0.1) is 10.7 Å². The minimum atomic E-state index is 0.471. The molecule has 3 heteroatoms. The van der Waals surface area contributed by atoms with Crippen LogP contribution in [-0.2, 0) is 6.42 Å². The number of alkyl halides is 1. The molecule has 0 radical (unpaired) electrons. The highest BCUT2D eigenvalue weighted by molar-refractivity contribution is 9.10. The molecule has 1 heterocycles. The van der Waals surface area contributed by atoms with Gasteiger partial charge in [0.15, 0.2) is 0 Å². The highest BCUT2D eigenvalue weighted by atomic mass is 79.9. The van der Waals surface area contributed by atoms with Crippen molar-refractivity contribution < 1.29 is 4.42 Å². The Morgan fingerprint density at radius 1 is 1.73 bits per heavy atom. The van der Waals surface area contributed by atoms with E-state index in [2.05, 4.69) is 22.9 Å². The molecular formula is C8H10BrClO. The number of rotatable bonds is 3. The molecule has 0 fully saturated rings. The first-order valence-corrected chi connectivity index (χ1v) is 4.84. The minimum absolute atomic E-state index is 0.471. The monoisotopic (exact) mass is 236 g/mol.